The molecule has 4 unspecified atom stereocenters. The van der Waals surface area contributed by atoms with Crippen LogP contribution in [-0.4, -0.2) is 46.5 Å². The highest BCUT2D eigenvalue weighted by Gasteiger charge is 2.52. The smallest absolute Gasteiger partial charge is 0.261 e. The van der Waals surface area contributed by atoms with Crippen molar-refractivity contribution in [3.8, 4) is 0 Å². The summed E-state index contributed by atoms with van der Waals surface area (Å²) in [5.74, 6) is -2.70. The molecule has 4 amide bonds. The number of imide groups is 2. The van der Waals surface area contributed by atoms with Crippen molar-refractivity contribution in [1.29, 1.82) is 0 Å². The van der Waals surface area contributed by atoms with Crippen LogP contribution in [-0.2, 0) is 19.2 Å². The second-order valence-electron chi connectivity index (χ2n) is 10.5. The van der Waals surface area contributed by atoms with Crippen LogP contribution in [0, 0.1) is 11.8 Å². The van der Waals surface area contributed by atoms with Crippen molar-refractivity contribution in [3.63, 3.8) is 0 Å². The summed E-state index contributed by atoms with van der Waals surface area (Å²) in [6.45, 7) is 4.50. The summed E-state index contributed by atoms with van der Waals surface area (Å²) in [6, 6.07) is 19.6. The Morgan fingerprint density at radius 2 is 1.29 bits per heavy atom. The predicted molar refractivity (Wildman–Crippen MR) is 142 cm³/mol. The molecule has 4 aliphatic rings. The van der Waals surface area contributed by atoms with Crippen LogP contribution in [0.5, 0.6) is 0 Å². The SMILES string of the molecule is CC(CN1C(=O)C2=CC=C3C(=O)N(CC(C)c4ccccc4)C(=O)C4C=CC(=C2C34)C1=O)c1ccccc1. The molecule has 190 valence electrons. The van der Waals surface area contributed by atoms with Gasteiger partial charge in [0.15, 0.2) is 0 Å². The molecule has 1 saturated heterocycles. The molecule has 4 atom stereocenters. The first-order valence-electron chi connectivity index (χ1n) is 13.0. The number of rotatable bonds is 6. The average Bonchev–Trinajstić information content (AvgIpc) is 2.95. The maximum atomic E-state index is 13.6. The van der Waals surface area contributed by atoms with Gasteiger partial charge in [-0.2, -0.15) is 0 Å². The monoisotopic (exact) mass is 504 g/mol. The Labute approximate surface area is 221 Å². The van der Waals surface area contributed by atoms with Crippen molar-refractivity contribution in [3.05, 3.63) is 118 Å². The van der Waals surface area contributed by atoms with Gasteiger partial charge in [0.05, 0.1) is 5.92 Å². The molecule has 6 rings (SSSR count). The van der Waals surface area contributed by atoms with Crippen LogP contribution in [0.1, 0.15) is 36.8 Å². The highest BCUT2D eigenvalue weighted by Crippen LogP contribution is 2.48. The van der Waals surface area contributed by atoms with E-state index in [0.29, 0.717) is 22.3 Å². The molecule has 0 N–H and O–H groups in total. The molecule has 2 aromatic carbocycles. The van der Waals surface area contributed by atoms with Crippen LogP contribution in [0.2, 0.25) is 0 Å². The summed E-state index contributed by atoms with van der Waals surface area (Å²) < 4.78 is 0. The lowest BCUT2D eigenvalue weighted by atomic mass is 9.66. The van der Waals surface area contributed by atoms with E-state index in [1.807, 2.05) is 74.5 Å². The van der Waals surface area contributed by atoms with Crippen LogP contribution in [0.25, 0.3) is 0 Å². The fourth-order valence-electron chi connectivity index (χ4n) is 6.06. The zero-order valence-corrected chi connectivity index (χ0v) is 21.3. The van der Waals surface area contributed by atoms with E-state index < -0.39 is 11.8 Å². The number of hydrogen-bond donors (Lipinski definition) is 0. The molecule has 0 bridgehead atoms. The van der Waals surface area contributed by atoms with Crippen molar-refractivity contribution < 1.29 is 19.2 Å². The van der Waals surface area contributed by atoms with Gasteiger partial charge in [-0.15, -0.1) is 0 Å². The van der Waals surface area contributed by atoms with Crippen LogP contribution in [0.15, 0.2) is 107 Å². The number of hydrogen-bond acceptors (Lipinski definition) is 4. The van der Waals surface area contributed by atoms with E-state index in [0.717, 1.165) is 11.1 Å². The average molecular weight is 505 g/mol. The van der Waals surface area contributed by atoms with E-state index in [-0.39, 0.29) is 48.6 Å². The van der Waals surface area contributed by atoms with Crippen LogP contribution in [0.4, 0.5) is 0 Å². The Morgan fingerprint density at radius 1 is 0.711 bits per heavy atom. The van der Waals surface area contributed by atoms with E-state index in [2.05, 4.69) is 0 Å². The second kappa shape index (κ2) is 9.21. The van der Waals surface area contributed by atoms with E-state index in [4.69, 9.17) is 0 Å². The molecule has 0 spiro atoms. The van der Waals surface area contributed by atoms with Crippen molar-refractivity contribution in [1.82, 2.24) is 9.80 Å². The van der Waals surface area contributed by atoms with Crippen molar-refractivity contribution in [2.75, 3.05) is 13.1 Å². The number of carbonyl (C=O) groups is 4. The lowest BCUT2D eigenvalue weighted by Gasteiger charge is -2.45. The third-order valence-corrected chi connectivity index (χ3v) is 8.13. The second-order valence-corrected chi connectivity index (χ2v) is 10.5. The Morgan fingerprint density at radius 3 is 1.89 bits per heavy atom. The van der Waals surface area contributed by atoms with Crippen LogP contribution >= 0.6 is 0 Å². The summed E-state index contributed by atoms with van der Waals surface area (Å²) >= 11 is 0. The number of likely N-dealkylation sites (tertiary alicyclic amines) is 1. The summed E-state index contributed by atoms with van der Waals surface area (Å²) in [6.07, 6.45) is 6.74. The summed E-state index contributed by atoms with van der Waals surface area (Å²) in [5.41, 5.74) is 3.87. The molecule has 2 aliphatic carbocycles. The largest absolute Gasteiger partial charge is 0.278 e. The van der Waals surface area contributed by atoms with E-state index in [9.17, 15) is 19.2 Å². The molecule has 2 aromatic rings. The van der Waals surface area contributed by atoms with Crippen molar-refractivity contribution in [2.45, 2.75) is 25.7 Å². The van der Waals surface area contributed by atoms with E-state index in [1.54, 1.807) is 24.3 Å². The number of piperidine rings is 1. The molecule has 0 saturated carbocycles. The lowest BCUT2D eigenvalue weighted by Crippen LogP contribution is -2.55. The molecule has 6 nitrogen and oxygen atoms in total. The third-order valence-electron chi connectivity index (χ3n) is 8.13. The third kappa shape index (κ3) is 3.71. The van der Waals surface area contributed by atoms with E-state index >= 15 is 0 Å². The molecule has 6 heteroatoms. The van der Waals surface area contributed by atoms with Gasteiger partial charge in [-0.25, -0.2) is 0 Å². The molecule has 38 heavy (non-hydrogen) atoms. The maximum absolute atomic E-state index is 13.6. The summed E-state index contributed by atoms with van der Waals surface area (Å²) in [4.78, 5) is 57.0. The highest BCUT2D eigenvalue weighted by atomic mass is 16.2. The van der Waals surface area contributed by atoms with Gasteiger partial charge in [0.25, 0.3) is 17.7 Å². The molecular weight excluding hydrogens is 476 g/mol. The van der Waals surface area contributed by atoms with Gasteiger partial charge in [0.2, 0.25) is 5.91 Å². The Hall–Kier alpha value is -4.32. The maximum Gasteiger partial charge on any atom is 0.261 e. The number of carbonyl (C=O) groups excluding carboxylic acids is 4. The molecular formula is C32H28N2O4. The lowest BCUT2D eigenvalue weighted by molar-refractivity contribution is -0.149. The summed E-state index contributed by atoms with van der Waals surface area (Å²) in [7, 11) is 0. The number of amides is 4. The minimum absolute atomic E-state index is 0.0312. The molecule has 0 radical (unpaired) electrons. The van der Waals surface area contributed by atoms with Gasteiger partial charge in [0.1, 0.15) is 0 Å². The number of allylic oxidation sites excluding steroid dienone is 2. The van der Waals surface area contributed by atoms with Gasteiger partial charge < -0.3 is 0 Å². The standard InChI is InChI=1S/C32H28N2O4/c1-19(21-9-5-3-6-10-21)17-33-29(35)23-13-15-25-28-26(16-14-24(27(23)28)30(33)36)32(38)34(31(25)37)18-20(2)22-11-7-4-8-12-22/h3-16,19-20,23,27H,17-18H2,1-2H3. The topological polar surface area (TPSA) is 74.8 Å². The Balaban J connectivity index is 1.33. The minimum Gasteiger partial charge on any atom is -0.278 e. The molecule has 2 aliphatic heterocycles. The van der Waals surface area contributed by atoms with Gasteiger partial charge in [-0.05, 0) is 34.6 Å². The van der Waals surface area contributed by atoms with Gasteiger partial charge in [-0.1, -0.05) is 92.7 Å². The highest BCUT2D eigenvalue weighted by molar-refractivity contribution is 6.21. The zero-order valence-electron chi connectivity index (χ0n) is 21.3. The minimum atomic E-state index is -0.625. The Bertz CT molecular complexity index is 1480. The van der Waals surface area contributed by atoms with Crippen LogP contribution in [0.3, 0.4) is 0 Å². The normalized spacial score (nSPS) is 23.7. The first-order chi connectivity index (χ1) is 18.4. The van der Waals surface area contributed by atoms with Gasteiger partial charge in [0, 0.05) is 35.7 Å². The molecule has 2 heterocycles. The van der Waals surface area contributed by atoms with Gasteiger partial charge >= 0.3 is 0 Å². The summed E-state index contributed by atoms with van der Waals surface area (Å²) in [5, 5.41) is 0. The first-order valence-corrected chi connectivity index (χ1v) is 13.0. The first kappa shape index (κ1) is 24.0. The number of benzene rings is 2. The van der Waals surface area contributed by atoms with E-state index in [1.165, 1.54) is 9.80 Å². The number of nitrogens with zero attached hydrogens (tertiary/aromatic N) is 2. The predicted octanol–water partition coefficient (Wildman–Crippen LogP) is 4.30. The van der Waals surface area contributed by atoms with Crippen LogP contribution < -0.4 is 0 Å². The quantitative estimate of drug-likeness (QED) is 0.550. The Kier molecular flexibility index (Phi) is 5.83. The van der Waals surface area contributed by atoms with Gasteiger partial charge in [-0.3, -0.25) is 29.0 Å². The fourth-order valence-corrected chi connectivity index (χ4v) is 6.06. The molecule has 1 fully saturated rings. The fraction of sp³-hybridized carbons (Fsp3) is 0.250. The van der Waals surface area contributed by atoms with Crippen molar-refractivity contribution in [2.24, 2.45) is 11.8 Å². The molecule has 0 aromatic heterocycles. The van der Waals surface area contributed by atoms with Crippen molar-refractivity contribution >= 4 is 23.6 Å². The zero-order chi connectivity index (χ0) is 26.6.